The van der Waals surface area contributed by atoms with E-state index in [0.29, 0.717) is 21.5 Å². The first-order chi connectivity index (χ1) is 11.6. The Morgan fingerprint density at radius 1 is 1.21 bits per heavy atom. The fourth-order valence-corrected chi connectivity index (χ4v) is 3.14. The minimum absolute atomic E-state index is 0.177. The normalized spacial score (nSPS) is 10.5. The van der Waals surface area contributed by atoms with Gasteiger partial charge in [0.1, 0.15) is 5.75 Å². The molecule has 0 fully saturated rings. The second kappa shape index (κ2) is 7.03. The molecule has 3 rings (SSSR count). The lowest BCUT2D eigenvalue weighted by molar-refractivity contribution is 0.102. The molecule has 0 saturated heterocycles. The van der Waals surface area contributed by atoms with Crippen molar-refractivity contribution in [1.29, 1.82) is 0 Å². The van der Waals surface area contributed by atoms with Gasteiger partial charge in [-0.15, -0.1) is 11.3 Å². The Balaban J connectivity index is 1.77. The van der Waals surface area contributed by atoms with E-state index in [9.17, 15) is 4.79 Å². The molecule has 122 valence electrons. The van der Waals surface area contributed by atoms with Gasteiger partial charge in [0.25, 0.3) is 5.91 Å². The van der Waals surface area contributed by atoms with E-state index in [2.05, 4.69) is 10.3 Å². The summed E-state index contributed by atoms with van der Waals surface area (Å²) in [5.41, 5.74) is 3.33. The van der Waals surface area contributed by atoms with Gasteiger partial charge in [-0.05, 0) is 37.3 Å². The highest BCUT2D eigenvalue weighted by molar-refractivity contribution is 7.14. The van der Waals surface area contributed by atoms with E-state index >= 15 is 0 Å². The monoisotopic (exact) mass is 358 g/mol. The Labute approximate surface area is 149 Å². The van der Waals surface area contributed by atoms with E-state index in [0.717, 1.165) is 16.8 Å². The molecule has 4 nitrogen and oxygen atoms in total. The van der Waals surface area contributed by atoms with Crippen molar-refractivity contribution in [2.24, 2.45) is 0 Å². The van der Waals surface area contributed by atoms with Crippen LogP contribution in [0.15, 0.2) is 47.8 Å². The van der Waals surface area contributed by atoms with Crippen LogP contribution in [0, 0.1) is 6.92 Å². The number of nitrogens with one attached hydrogen (secondary N) is 1. The fraction of sp³-hybridized carbons (Fsp3) is 0.111. The molecule has 2 aromatic carbocycles. The van der Waals surface area contributed by atoms with Crippen molar-refractivity contribution in [2.75, 3.05) is 12.4 Å². The first-order valence-corrected chi connectivity index (χ1v) is 8.50. The smallest absolute Gasteiger partial charge is 0.257 e. The van der Waals surface area contributed by atoms with Gasteiger partial charge in [0.2, 0.25) is 0 Å². The van der Waals surface area contributed by atoms with Gasteiger partial charge in [0.15, 0.2) is 5.13 Å². The van der Waals surface area contributed by atoms with Crippen molar-refractivity contribution in [1.82, 2.24) is 4.98 Å². The van der Waals surface area contributed by atoms with Gasteiger partial charge in [0, 0.05) is 16.5 Å². The lowest BCUT2D eigenvalue weighted by Crippen LogP contribution is -2.11. The Hall–Kier alpha value is -2.37. The number of carbonyl (C=O) groups excluding carboxylic acids is 1. The molecule has 0 unspecified atom stereocenters. The van der Waals surface area contributed by atoms with E-state index in [1.807, 2.05) is 30.5 Å². The van der Waals surface area contributed by atoms with Gasteiger partial charge in [-0.3, -0.25) is 10.1 Å². The number of carbonyl (C=O) groups is 1. The lowest BCUT2D eigenvalue weighted by atomic mass is 10.1. The highest BCUT2D eigenvalue weighted by atomic mass is 35.5. The van der Waals surface area contributed by atoms with Crippen LogP contribution < -0.4 is 10.1 Å². The van der Waals surface area contributed by atoms with E-state index in [4.69, 9.17) is 16.3 Å². The second-order valence-corrected chi connectivity index (χ2v) is 6.47. The molecule has 0 radical (unpaired) electrons. The average molecular weight is 359 g/mol. The number of aromatic nitrogens is 1. The summed E-state index contributed by atoms with van der Waals surface area (Å²) in [6.45, 7) is 1.98. The van der Waals surface area contributed by atoms with Crippen molar-refractivity contribution >= 4 is 34.0 Å². The van der Waals surface area contributed by atoms with Crippen LogP contribution in [-0.2, 0) is 0 Å². The molecule has 0 aliphatic heterocycles. The van der Waals surface area contributed by atoms with Crippen LogP contribution in [0.25, 0.3) is 11.3 Å². The van der Waals surface area contributed by atoms with Gasteiger partial charge in [-0.2, -0.15) is 0 Å². The third-order valence-electron chi connectivity index (χ3n) is 3.49. The predicted molar refractivity (Wildman–Crippen MR) is 98.2 cm³/mol. The molecule has 1 heterocycles. The average Bonchev–Trinajstić information content (AvgIpc) is 3.04. The summed E-state index contributed by atoms with van der Waals surface area (Å²) in [5, 5.41) is 5.76. The largest absolute Gasteiger partial charge is 0.495 e. The summed E-state index contributed by atoms with van der Waals surface area (Å²) in [7, 11) is 1.57. The molecule has 24 heavy (non-hydrogen) atoms. The lowest BCUT2D eigenvalue weighted by Gasteiger charge is -2.04. The Bertz CT molecular complexity index is 875. The molecule has 1 aromatic heterocycles. The van der Waals surface area contributed by atoms with Crippen LogP contribution in [0.1, 0.15) is 15.9 Å². The minimum Gasteiger partial charge on any atom is -0.495 e. The highest BCUT2D eigenvalue weighted by Crippen LogP contribution is 2.31. The first-order valence-electron chi connectivity index (χ1n) is 7.24. The third-order valence-corrected chi connectivity index (χ3v) is 4.54. The molecule has 1 N–H and O–H groups in total. The zero-order chi connectivity index (χ0) is 17.1. The molecule has 6 heteroatoms. The van der Waals surface area contributed by atoms with E-state index < -0.39 is 0 Å². The van der Waals surface area contributed by atoms with Gasteiger partial charge in [0.05, 0.1) is 17.8 Å². The summed E-state index contributed by atoms with van der Waals surface area (Å²) < 4.78 is 5.14. The number of amides is 1. The molecular weight excluding hydrogens is 344 g/mol. The maximum Gasteiger partial charge on any atom is 0.257 e. The van der Waals surface area contributed by atoms with Crippen LogP contribution in [0.4, 0.5) is 5.13 Å². The highest BCUT2D eigenvalue weighted by Gasteiger charge is 2.11. The molecule has 0 atom stereocenters. The van der Waals surface area contributed by atoms with E-state index in [1.54, 1.807) is 31.4 Å². The molecule has 3 aromatic rings. The summed E-state index contributed by atoms with van der Waals surface area (Å²) in [4.78, 5) is 16.7. The Morgan fingerprint density at radius 2 is 1.96 bits per heavy atom. The van der Waals surface area contributed by atoms with Gasteiger partial charge in [-0.1, -0.05) is 29.3 Å². The number of halogens is 1. The second-order valence-electron chi connectivity index (χ2n) is 5.21. The maximum atomic E-state index is 12.2. The van der Waals surface area contributed by atoms with Crippen LogP contribution in [0.5, 0.6) is 5.75 Å². The number of nitrogens with zero attached hydrogens (tertiary/aromatic N) is 1. The van der Waals surface area contributed by atoms with Gasteiger partial charge < -0.3 is 4.74 Å². The molecule has 0 spiro atoms. The van der Waals surface area contributed by atoms with Crippen molar-refractivity contribution in [3.63, 3.8) is 0 Å². The SMILES string of the molecule is COc1ccc(-c2csc(NC(=O)c3ccc(C)cc3)n2)cc1Cl. The number of thiazole rings is 1. The van der Waals surface area contributed by atoms with Crippen LogP contribution in [0.3, 0.4) is 0 Å². The molecule has 0 saturated carbocycles. The van der Waals surface area contributed by atoms with Crippen molar-refractivity contribution in [3.8, 4) is 17.0 Å². The Morgan fingerprint density at radius 3 is 2.62 bits per heavy atom. The molecule has 0 aliphatic rings. The number of anilines is 1. The van der Waals surface area contributed by atoms with E-state index in [1.165, 1.54) is 11.3 Å². The summed E-state index contributed by atoms with van der Waals surface area (Å²) >= 11 is 7.51. The number of benzene rings is 2. The summed E-state index contributed by atoms with van der Waals surface area (Å²) in [6.07, 6.45) is 0. The van der Waals surface area contributed by atoms with Crippen LogP contribution in [0.2, 0.25) is 5.02 Å². The van der Waals surface area contributed by atoms with Crippen LogP contribution in [-0.4, -0.2) is 18.0 Å². The molecule has 0 aliphatic carbocycles. The fourth-order valence-electron chi connectivity index (χ4n) is 2.16. The quantitative estimate of drug-likeness (QED) is 0.711. The maximum absolute atomic E-state index is 12.2. The van der Waals surface area contributed by atoms with Crippen molar-refractivity contribution < 1.29 is 9.53 Å². The van der Waals surface area contributed by atoms with Crippen molar-refractivity contribution in [2.45, 2.75) is 6.92 Å². The van der Waals surface area contributed by atoms with E-state index in [-0.39, 0.29) is 5.91 Å². The number of aryl methyl sites for hydroxylation is 1. The van der Waals surface area contributed by atoms with Gasteiger partial charge >= 0.3 is 0 Å². The number of hydrogen-bond acceptors (Lipinski definition) is 4. The summed E-state index contributed by atoms with van der Waals surface area (Å²) in [5.74, 6) is 0.437. The molecule has 1 amide bonds. The standard InChI is InChI=1S/C18H15ClN2O2S/c1-11-3-5-12(6-4-11)17(22)21-18-20-15(10-24-18)13-7-8-16(23-2)14(19)9-13/h3-10H,1-2H3,(H,20,21,22). The molecule has 0 bridgehead atoms. The Kier molecular flexibility index (Phi) is 4.83. The number of hydrogen-bond donors (Lipinski definition) is 1. The summed E-state index contributed by atoms with van der Waals surface area (Å²) in [6, 6.07) is 12.9. The number of rotatable bonds is 4. The molecular formula is C18H15ClN2O2S. The van der Waals surface area contributed by atoms with Gasteiger partial charge in [-0.25, -0.2) is 4.98 Å². The predicted octanol–water partition coefficient (Wildman–Crippen LogP) is 5.03. The topological polar surface area (TPSA) is 51.2 Å². The number of ether oxygens (including phenoxy) is 1. The first kappa shape index (κ1) is 16.5. The number of methoxy groups -OCH3 is 1. The van der Waals surface area contributed by atoms with Crippen LogP contribution >= 0.6 is 22.9 Å². The zero-order valence-corrected chi connectivity index (χ0v) is 14.7. The van der Waals surface area contributed by atoms with Crippen molar-refractivity contribution in [3.05, 3.63) is 64.0 Å². The zero-order valence-electron chi connectivity index (χ0n) is 13.2. The minimum atomic E-state index is -0.177. The third kappa shape index (κ3) is 3.58.